The van der Waals surface area contributed by atoms with Crippen LogP contribution in [0, 0.1) is 13.8 Å². The number of unbranched alkanes of at least 4 members (excludes halogenated alkanes) is 2. The van der Waals surface area contributed by atoms with Gasteiger partial charge < -0.3 is 5.32 Å². The van der Waals surface area contributed by atoms with Gasteiger partial charge in [0.2, 0.25) is 5.91 Å². The molecule has 4 nitrogen and oxygen atoms in total. The molecule has 0 aliphatic carbocycles. The van der Waals surface area contributed by atoms with Crippen LogP contribution in [0.3, 0.4) is 0 Å². The van der Waals surface area contributed by atoms with Crippen molar-refractivity contribution in [3.8, 4) is 0 Å². The highest BCUT2D eigenvalue weighted by Gasteiger charge is 2.08. The summed E-state index contributed by atoms with van der Waals surface area (Å²) in [5.74, 6) is 0.140. The zero-order chi connectivity index (χ0) is 12.7. The average Bonchev–Trinajstić information content (AvgIpc) is 2.62. The highest BCUT2D eigenvalue weighted by atomic mass is 16.1. The lowest BCUT2D eigenvalue weighted by Crippen LogP contribution is -2.24. The number of H-pyrrole nitrogens is 1. The quantitative estimate of drug-likeness (QED) is 0.715. The Balaban J connectivity index is 2.24. The van der Waals surface area contributed by atoms with Gasteiger partial charge in [0.25, 0.3) is 0 Å². The van der Waals surface area contributed by atoms with Crippen LogP contribution in [0.15, 0.2) is 0 Å². The number of aryl methyl sites for hydroxylation is 2. The molecule has 0 saturated heterocycles. The summed E-state index contributed by atoms with van der Waals surface area (Å²) in [7, 11) is 0. The Labute approximate surface area is 103 Å². The van der Waals surface area contributed by atoms with Crippen LogP contribution in [-0.2, 0) is 11.2 Å². The molecule has 2 N–H and O–H groups in total. The fraction of sp³-hybridized carbons (Fsp3) is 0.692. The van der Waals surface area contributed by atoms with E-state index < -0.39 is 0 Å². The third-order valence-corrected chi connectivity index (χ3v) is 2.99. The van der Waals surface area contributed by atoms with Crippen LogP contribution in [0.1, 0.15) is 49.6 Å². The Hall–Kier alpha value is -1.32. The van der Waals surface area contributed by atoms with E-state index in [4.69, 9.17) is 0 Å². The molecule has 0 aromatic carbocycles. The van der Waals surface area contributed by atoms with Crippen molar-refractivity contribution in [1.82, 2.24) is 15.5 Å². The van der Waals surface area contributed by atoms with E-state index in [1.165, 1.54) is 18.4 Å². The van der Waals surface area contributed by atoms with Gasteiger partial charge in [0.05, 0.1) is 5.69 Å². The monoisotopic (exact) mass is 237 g/mol. The number of hydrogen-bond acceptors (Lipinski definition) is 2. The molecule has 1 rings (SSSR count). The molecule has 0 unspecified atom stereocenters. The maximum Gasteiger partial charge on any atom is 0.220 e. The zero-order valence-corrected chi connectivity index (χ0v) is 11.1. The molecule has 0 saturated carbocycles. The Morgan fingerprint density at radius 1 is 1.35 bits per heavy atom. The summed E-state index contributed by atoms with van der Waals surface area (Å²) < 4.78 is 0. The van der Waals surface area contributed by atoms with Gasteiger partial charge in [-0.05, 0) is 32.3 Å². The number of aromatic nitrogens is 2. The number of carbonyl (C=O) groups is 1. The van der Waals surface area contributed by atoms with E-state index in [9.17, 15) is 4.79 Å². The van der Waals surface area contributed by atoms with Crippen molar-refractivity contribution in [2.75, 3.05) is 6.54 Å². The third-order valence-electron chi connectivity index (χ3n) is 2.99. The summed E-state index contributed by atoms with van der Waals surface area (Å²) in [4.78, 5) is 11.6. The molecular formula is C13H23N3O. The second kappa shape index (κ2) is 7.09. The number of amides is 1. The zero-order valence-electron chi connectivity index (χ0n) is 11.1. The highest BCUT2D eigenvalue weighted by molar-refractivity contribution is 5.76. The Bertz CT molecular complexity index is 338. The maximum atomic E-state index is 11.6. The molecule has 1 aromatic heterocycles. The van der Waals surface area contributed by atoms with Crippen LogP contribution >= 0.6 is 0 Å². The van der Waals surface area contributed by atoms with Crippen molar-refractivity contribution in [2.24, 2.45) is 0 Å². The number of nitrogens with one attached hydrogen (secondary N) is 2. The molecule has 0 aliphatic heterocycles. The SMILES string of the molecule is CCCCCNC(=O)CCc1c(C)n[nH]c1C. The fourth-order valence-electron chi connectivity index (χ4n) is 1.87. The van der Waals surface area contributed by atoms with Gasteiger partial charge in [-0.25, -0.2) is 0 Å². The minimum atomic E-state index is 0.140. The molecule has 17 heavy (non-hydrogen) atoms. The van der Waals surface area contributed by atoms with Crippen LogP contribution in [0.4, 0.5) is 0 Å². The van der Waals surface area contributed by atoms with Crippen molar-refractivity contribution in [1.29, 1.82) is 0 Å². The number of aromatic amines is 1. The van der Waals surface area contributed by atoms with E-state index in [2.05, 4.69) is 22.4 Å². The van der Waals surface area contributed by atoms with Crippen LogP contribution < -0.4 is 5.32 Å². The van der Waals surface area contributed by atoms with E-state index in [0.29, 0.717) is 6.42 Å². The van der Waals surface area contributed by atoms with Crippen molar-refractivity contribution in [2.45, 2.75) is 52.9 Å². The predicted molar refractivity (Wildman–Crippen MR) is 68.9 cm³/mol. The number of nitrogens with zero attached hydrogens (tertiary/aromatic N) is 1. The standard InChI is InChI=1S/C13H23N3O/c1-4-5-6-9-14-13(17)8-7-12-10(2)15-16-11(12)3/h4-9H2,1-3H3,(H,14,17)(H,15,16). The number of hydrogen-bond donors (Lipinski definition) is 2. The molecule has 96 valence electrons. The maximum absolute atomic E-state index is 11.6. The lowest BCUT2D eigenvalue weighted by molar-refractivity contribution is -0.121. The van der Waals surface area contributed by atoms with Gasteiger partial charge >= 0.3 is 0 Å². The summed E-state index contributed by atoms with van der Waals surface area (Å²) in [6.45, 7) is 6.93. The van der Waals surface area contributed by atoms with Crippen LogP contribution in [0.5, 0.6) is 0 Å². The van der Waals surface area contributed by atoms with Crippen LogP contribution in [0.25, 0.3) is 0 Å². The molecule has 0 atom stereocenters. The normalized spacial score (nSPS) is 10.5. The van der Waals surface area contributed by atoms with Gasteiger partial charge in [0, 0.05) is 18.7 Å². The van der Waals surface area contributed by atoms with Gasteiger partial charge in [0.1, 0.15) is 0 Å². The minimum Gasteiger partial charge on any atom is -0.356 e. The van der Waals surface area contributed by atoms with Crippen LogP contribution in [0.2, 0.25) is 0 Å². The second-order valence-electron chi connectivity index (χ2n) is 4.47. The summed E-state index contributed by atoms with van der Waals surface area (Å²) in [6.07, 6.45) is 4.76. The van der Waals surface area contributed by atoms with Gasteiger partial charge in [-0.1, -0.05) is 19.8 Å². The largest absolute Gasteiger partial charge is 0.356 e. The molecule has 1 amide bonds. The Kier molecular flexibility index (Phi) is 5.73. The topological polar surface area (TPSA) is 57.8 Å². The molecule has 0 bridgehead atoms. The fourth-order valence-corrected chi connectivity index (χ4v) is 1.87. The molecule has 0 spiro atoms. The minimum absolute atomic E-state index is 0.140. The molecule has 4 heteroatoms. The molecule has 0 fully saturated rings. The molecule has 1 heterocycles. The van der Waals surface area contributed by atoms with Gasteiger partial charge in [-0.15, -0.1) is 0 Å². The van der Waals surface area contributed by atoms with E-state index in [1.54, 1.807) is 0 Å². The van der Waals surface area contributed by atoms with Crippen molar-refractivity contribution >= 4 is 5.91 Å². The van der Waals surface area contributed by atoms with Gasteiger partial charge in [-0.2, -0.15) is 5.10 Å². The lowest BCUT2D eigenvalue weighted by Gasteiger charge is -2.04. The number of rotatable bonds is 7. The molecule has 1 aromatic rings. The molecule has 0 radical (unpaired) electrons. The summed E-state index contributed by atoms with van der Waals surface area (Å²) >= 11 is 0. The first-order chi connectivity index (χ1) is 8.15. The Morgan fingerprint density at radius 2 is 2.12 bits per heavy atom. The summed E-state index contributed by atoms with van der Waals surface area (Å²) in [6, 6.07) is 0. The molecular weight excluding hydrogens is 214 g/mol. The first-order valence-corrected chi connectivity index (χ1v) is 6.42. The summed E-state index contributed by atoms with van der Waals surface area (Å²) in [5, 5.41) is 10.0. The smallest absolute Gasteiger partial charge is 0.220 e. The third kappa shape index (κ3) is 4.59. The van der Waals surface area contributed by atoms with E-state index in [-0.39, 0.29) is 5.91 Å². The average molecular weight is 237 g/mol. The predicted octanol–water partition coefficient (Wildman–Crippen LogP) is 2.27. The van der Waals surface area contributed by atoms with E-state index >= 15 is 0 Å². The first-order valence-electron chi connectivity index (χ1n) is 6.42. The summed E-state index contributed by atoms with van der Waals surface area (Å²) in [5.41, 5.74) is 3.25. The van der Waals surface area contributed by atoms with E-state index in [1.807, 2.05) is 13.8 Å². The van der Waals surface area contributed by atoms with Crippen LogP contribution in [-0.4, -0.2) is 22.6 Å². The van der Waals surface area contributed by atoms with Crippen molar-refractivity contribution in [3.63, 3.8) is 0 Å². The van der Waals surface area contributed by atoms with Crippen molar-refractivity contribution in [3.05, 3.63) is 17.0 Å². The van der Waals surface area contributed by atoms with Gasteiger partial charge in [-0.3, -0.25) is 9.89 Å². The molecule has 0 aliphatic rings. The van der Waals surface area contributed by atoms with Gasteiger partial charge in [0.15, 0.2) is 0 Å². The van der Waals surface area contributed by atoms with E-state index in [0.717, 1.165) is 30.8 Å². The number of carbonyl (C=O) groups excluding carboxylic acids is 1. The van der Waals surface area contributed by atoms with Crippen molar-refractivity contribution < 1.29 is 4.79 Å². The first kappa shape index (κ1) is 13.7. The lowest BCUT2D eigenvalue weighted by atomic mass is 10.1. The highest BCUT2D eigenvalue weighted by Crippen LogP contribution is 2.11. The Morgan fingerprint density at radius 3 is 2.71 bits per heavy atom. The second-order valence-corrected chi connectivity index (χ2v) is 4.47.